The molecule has 0 fully saturated rings. The second-order valence-corrected chi connectivity index (χ2v) is 2.49. The minimum absolute atomic E-state index is 0.0809. The van der Waals surface area contributed by atoms with Gasteiger partial charge in [-0.2, -0.15) is 0 Å². The molecule has 0 aliphatic carbocycles. The van der Waals surface area contributed by atoms with Crippen LogP contribution in [-0.4, -0.2) is 22.3 Å². The molecule has 1 heterocycles. The fraction of sp³-hybridized carbons (Fsp3) is 0.429. The molecule has 1 N–H and O–H groups in total. The van der Waals surface area contributed by atoms with E-state index >= 15 is 0 Å². The van der Waals surface area contributed by atoms with Gasteiger partial charge in [0.25, 0.3) is 0 Å². The first kappa shape index (κ1) is 8.20. The molecule has 0 bridgehead atoms. The molecule has 1 aliphatic rings. The van der Waals surface area contributed by atoms with Crippen LogP contribution in [0.2, 0.25) is 0 Å². The van der Waals surface area contributed by atoms with Crippen LogP contribution >= 0.6 is 12.2 Å². The zero-order chi connectivity index (χ0) is 8.27. The van der Waals surface area contributed by atoms with Gasteiger partial charge in [0.1, 0.15) is 6.17 Å². The minimum Gasteiger partial charge on any atom is -0.366 e. The third-order valence-corrected chi connectivity index (χ3v) is 1.78. The van der Waals surface area contributed by atoms with Crippen molar-refractivity contribution in [2.75, 3.05) is 0 Å². The van der Waals surface area contributed by atoms with Crippen LogP contribution in [-0.2, 0) is 4.79 Å². The number of carbonyl (C=O) groups is 1. The van der Waals surface area contributed by atoms with Gasteiger partial charge in [0.05, 0.1) is 0 Å². The van der Waals surface area contributed by atoms with Crippen LogP contribution in [0.4, 0.5) is 0 Å². The largest absolute Gasteiger partial charge is 0.366 e. The number of carbonyl (C=O) groups excluding carboxylic acids is 1. The summed E-state index contributed by atoms with van der Waals surface area (Å²) >= 11 is 4.73. The van der Waals surface area contributed by atoms with Crippen molar-refractivity contribution in [1.29, 1.82) is 0 Å². The molecule has 1 atom stereocenters. The summed E-state index contributed by atoms with van der Waals surface area (Å²) in [6.45, 7) is 1.83. The van der Waals surface area contributed by atoms with E-state index in [-0.39, 0.29) is 12.1 Å². The third kappa shape index (κ3) is 1.57. The van der Waals surface area contributed by atoms with E-state index in [9.17, 15) is 4.79 Å². The number of nitrogens with zero attached hydrogens (tertiary/aromatic N) is 1. The Labute approximate surface area is 71.1 Å². The second kappa shape index (κ2) is 3.48. The van der Waals surface area contributed by atoms with Crippen LogP contribution in [0.3, 0.4) is 0 Å². The van der Waals surface area contributed by atoms with E-state index in [4.69, 9.17) is 12.2 Å². The number of nitrogens with one attached hydrogen (secondary N) is 1. The van der Waals surface area contributed by atoms with Gasteiger partial charge in [-0.05, 0) is 0 Å². The van der Waals surface area contributed by atoms with E-state index in [0.717, 1.165) is 0 Å². The number of rotatable bonds is 2. The van der Waals surface area contributed by atoms with Crippen molar-refractivity contribution in [2.24, 2.45) is 0 Å². The highest BCUT2D eigenvalue weighted by Gasteiger charge is 2.20. The number of hydrogen-bond acceptors (Lipinski definition) is 3. The van der Waals surface area contributed by atoms with Gasteiger partial charge < -0.3 is 5.32 Å². The molecular formula is C7H10N2OS. The van der Waals surface area contributed by atoms with Crippen molar-refractivity contribution in [3.63, 3.8) is 0 Å². The molecule has 1 amide bonds. The number of thiocarbonyl (C=S) groups is 1. The normalized spacial score (nSPS) is 21.5. The average Bonchev–Trinajstić information content (AvgIpc) is 2.50. The Kier molecular flexibility index (Phi) is 2.59. The molecule has 1 unspecified atom stereocenters. The van der Waals surface area contributed by atoms with E-state index in [1.54, 1.807) is 17.3 Å². The van der Waals surface area contributed by atoms with Gasteiger partial charge in [-0.15, -0.1) is 0 Å². The predicted molar refractivity (Wildman–Crippen MR) is 46.9 cm³/mol. The standard InChI is InChI=1S/C7H10N2OS/c1-2-7(10)9-4-3-8-6(9)5-11/h3-6,8H,2H2,1H3. The van der Waals surface area contributed by atoms with E-state index in [2.05, 4.69) is 5.32 Å². The maximum absolute atomic E-state index is 11.2. The van der Waals surface area contributed by atoms with Gasteiger partial charge >= 0.3 is 0 Å². The molecule has 0 saturated carbocycles. The average molecular weight is 170 g/mol. The second-order valence-electron chi connectivity index (χ2n) is 2.22. The Morgan fingerprint density at radius 1 is 1.91 bits per heavy atom. The molecule has 0 saturated heterocycles. The fourth-order valence-corrected chi connectivity index (χ4v) is 1.13. The summed E-state index contributed by atoms with van der Waals surface area (Å²) in [4.78, 5) is 12.7. The molecule has 0 spiro atoms. The molecule has 3 nitrogen and oxygen atoms in total. The Bertz CT molecular complexity index is 203. The van der Waals surface area contributed by atoms with Crippen LogP contribution in [0.15, 0.2) is 12.4 Å². The first-order chi connectivity index (χ1) is 5.29. The summed E-state index contributed by atoms with van der Waals surface area (Å²) in [5, 5.41) is 4.47. The predicted octanol–water partition coefficient (Wildman–Crippen LogP) is 0.625. The number of hydrogen-bond donors (Lipinski definition) is 1. The fourth-order valence-electron chi connectivity index (χ4n) is 0.921. The Balaban J connectivity index is 2.62. The summed E-state index contributed by atoms with van der Waals surface area (Å²) in [5.41, 5.74) is 0. The monoisotopic (exact) mass is 170 g/mol. The summed E-state index contributed by atoms with van der Waals surface area (Å²) in [7, 11) is 0. The Hall–Kier alpha value is -0.900. The van der Waals surface area contributed by atoms with Gasteiger partial charge in [0.2, 0.25) is 5.91 Å². The lowest BCUT2D eigenvalue weighted by atomic mass is 10.4. The van der Waals surface area contributed by atoms with E-state index in [0.29, 0.717) is 6.42 Å². The van der Waals surface area contributed by atoms with E-state index in [1.165, 1.54) is 5.37 Å². The van der Waals surface area contributed by atoms with Gasteiger partial charge in [-0.25, -0.2) is 0 Å². The zero-order valence-corrected chi connectivity index (χ0v) is 7.10. The molecule has 0 aromatic heterocycles. The first-order valence-electron chi connectivity index (χ1n) is 3.48. The van der Waals surface area contributed by atoms with Gasteiger partial charge in [-0.1, -0.05) is 19.1 Å². The molecule has 1 rings (SSSR count). The van der Waals surface area contributed by atoms with Gasteiger partial charge in [0, 0.05) is 24.2 Å². The van der Waals surface area contributed by atoms with Crippen LogP contribution in [0.1, 0.15) is 13.3 Å². The smallest absolute Gasteiger partial charge is 0.228 e. The lowest BCUT2D eigenvalue weighted by molar-refractivity contribution is -0.128. The third-order valence-electron chi connectivity index (χ3n) is 1.52. The Morgan fingerprint density at radius 2 is 2.64 bits per heavy atom. The molecule has 60 valence electrons. The molecular weight excluding hydrogens is 160 g/mol. The first-order valence-corrected chi connectivity index (χ1v) is 3.96. The van der Waals surface area contributed by atoms with Crippen LogP contribution in [0.25, 0.3) is 0 Å². The summed E-state index contributed by atoms with van der Waals surface area (Å²) < 4.78 is 0. The highest BCUT2D eigenvalue weighted by atomic mass is 32.1. The molecule has 4 heteroatoms. The van der Waals surface area contributed by atoms with E-state index in [1.807, 2.05) is 6.92 Å². The lowest BCUT2D eigenvalue weighted by Crippen LogP contribution is -2.39. The summed E-state index contributed by atoms with van der Waals surface area (Å²) in [6.07, 6.45) is 3.81. The van der Waals surface area contributed by atoms with Crippen LogP contribution < -0.4 is 5.32 Å². The maximum atomic E-state index is 11.2. The minimum atomic E-state index is -0.127. The molecule has 0 aromatic rings. The van der Waals surface area contributed by atoms with Crippen molar-refractivity contribution < 1.29 is 4.79 Å². The van der Waals surface area contributed by atoms with Gasteiger partial charge in [-0.3, -0.25) is 9.69 Å². The van der Waals surface area contributed by atoms with Crippen molar-refractivity contribution in [2.45, 2.75) is 19.5 Å². The van der Waals surface area contributed by atoms with Crippen LogP contribution in [0.5, 0.6) is 0 Å². The lowest BCUT2D eigenvalue weighted by Gasteiger charge is -2.18. The summed E-state index contributed by atoms with van der Waals surface area (Å²) in [5.74, 6) is 0.0809. The quantitative estimate of drug-likeness (QED) is 0.617. The highest BCUT2D eigenvalue weighted by Crippen LogP contribution is 2.04. The van der Waals surface area contributed by atoms with Crippen molar-refractivity contribution in [3.05, 3.63) is 12.4 Å². The summed E-state index contributed by atoms with van der Waals surface area (Å²) in [6, 6.07) is 0. The highest BCUT2D eigenvalue weighted by molar-refractivity contribution is 7.79. The zero-order valence-electron chi connectivity index (χ0n) is 6.28. The topological polar surface area (TPSA) is 32.3 Å². The van der Waals surface area contributed by atoms with E-state index < -0.39 is 0 Å². The van der Waals surface area contributed by atoms with Crippen molar-refractivity contribution in [1.82, 2.24) is 10.2 Å². The van der Waals surface area contributed by atoms with Gasteiger partial charge in [0.15, 0.2) is 0 Å². The molecule has 1 aliphatic heterocycles. The van der Waals surface area contributed by atoms with Crippen LogP contribution in [0, 0.1) is 0 Å². The van der Waals surface area contributed by atoms with Crippen molar-refractivity contribution in [3.8, 4) is 0 Å². The number of amides is 1. The maximum Gasteiger partial charge on any atom is 0.228 e. The SMILES string of the molecule is CCC(=O)N1C=CNC1C=S. The Morgan fingerprint density at radius 3 is 3.18 bits per heavy atom. The van der Waals surface area contributed by atoms with Crippen molar-refractivity contribution >= 4 is 23.5 Å². The molecule has 0 radical (unpaired) electrons. The molecule has 0 aromatic carbocycles. The molecule has 11 heavy (non-hydrogen) atoms.